The van der Waals surface area contributed by atoms with Crippen molar-refractivity contribution in [1.29, 1.82) is 0 Å². The van der Waals surface area contributed by atoms with Gasteiger partial charge in [0, 0.05) is 16.6 Å². The van der Waals surface area contributed by atoms with E-state index in [9.17, 15) is 9.59 Å². The number of amides is 1. The van der Waals surface area contributed by atoms with E-state index in [-0.39, 0.29) is 12.3 Å². The van der Waals surface area contributed by atoms with Crippen molar-refractivity contribution in [3.63, 3.8) is 0 Å². The van der Waals surface area contributed by atoms with Gasteiger partial charge in [0.1, 0.15) is 11.0 Å². The van der Waals surface area contributed by atoms with Crippen LogP contribution in [0.3, 0.4) is 0 Å². The maximum atomic E-state index is 11.7. The number of aromatic nitrogens is 1. The monoisotopic (exact) mass is 305 g/mol. The highest BCUT2D eigenvalue weighted by Gasteiger charge is 2.15. The number of nitrogen functional groups attached to an aromatic ring is 1. The molecule has 2 rings (SSSR count). The van der Waals surface area contributed by atoms with E-state index in [0.29, 0.717) is 11.4 Å². The summed E-state index contributed by atoms with van der Waals surface area (Å²) in [6, 6.07) is 6.43. The second-order valence-corrected chi connectivity index (χ2v) is 5.43. The zero-order valence-electron chi connectivity index (χ0n) is 11.4. The molecule has 0 bridgehead atoms. The van der Waals surface area contributed by atoms with Gasteiger partial charge in [-0.25, -0.2) is 4.98 Å². The van der Waals surface area contributed by atoms with E-state index in [1.807, 2.05) is 18.2 Å². The number of aliphatic carboxylic acids is 1. The van der Waals surface area contributed by atoms with Gasteiger partial charge in [0.2, 0.25) is 5.91 Å². The smallest absolute Gasteiger partial charge is 0.325 e. The molecule has 1 aromatic heterocycles. The Kier molecular flexibility index (Phi) is 4.54. The zero-order valence-corrected chi connectivity index (χ0v) is 12.2. The van der Waals surface area contributed by atoms with E-state index >= 15 is 0 Å². The molecular formula is C14H15N3O3S. The quantitative estimate of drug-likeness (QED) is 0.726. The maximum absolute atomic E-state index is 11.7. The van der Waals surface area contributed by atoms with Crippen LogP contribution >= 0.6 is 11.3 Å². The van der Waals surface area contributed by atoms with E-state index in [1.54, 1.807) is 11.4 Å². The highest BCUT2D eigenvalue weighted by atomic mass is 32.1. The van der Waals surface area contributed by atoms with Crippen LogP contribution in [-0.2, 0) is 16.0 Å². The lowest BCUT2D eigenvalue weighted by Gasteiger charge is -2.07. The first-order valence-corrected chi connectivity index (χ1v) is 7.16. The van der Waals surface area contributed by atoms with Gasteiger partial charge in [0.15, 0.2) is 0 Å². The molecule has 0 aliphatic heterocycles. The molecule has 0 radical (unpaired) electrons. The highest BCUT2D eigenvalue weighted by Crippen LogP contribution is 2.25. The first-order chi connectivity index (χ1) is 9.95. The van der Waals surface area contributed by atoms with Crippen molar-refractivity contribution in [2.45, 2.75) is 19.4 Å². The van der Waals surface area contributed by atoms with Gasteiger partial charge < -0.3 is 16.2 Å². The average Bonchev–Trinajstić information content (AvgIpc) is 2.86. The van der Waals surface area contributed by atoms with Crippen LogP contribution in [0.1, 0.15) is 12.6 Å². The largest absolute Gasteiger partial charge is 0.480 e. The Hall–Kier alpha value is -2.41. The minimum absolute atomic E-state index is 0.0520. The predicted molar refractivity (Wildman–Crippen MR) is 80.9 cm³/mol. The van der Waals surface area contributed by atoms with E-state index in [2.05, 4.69) is 10.3 Å². The normalized spacial score (nSPS) is 11.9. The number of nitrogens with one attached hydrogen (secondary N) is 1. The van der Waals surface area contributed by atoms with Crippen molar-refractivity contribution in [2.75, 3.05) is 5.73 Å². The lowest BCUT2D eigenvalue weighted by molar-refractivity contribution is -0.141. The van der Waals surface area contributed by atoms with Crippen LogP contribution in [0.5, 0.6) is 0 Å². The summed E-state index contributed by atoms with van der Waals surface area (Å²) in [4.78, 5) is 26.7. The van der Waals surface area contributed by atoms with Gasteiger partial charge in [0.25, 0.3) is 0 Å². The fourth-order valence-corrected chi connectivity index (χ4v) is 2.53. The van der Waals surface area contributed by atoms with Gasteiger partial charge in [-0.3, -0.25) is 9.59 Å². The van der Waals surface area contributed by atoms with Crippen molar-refractivity contribution in [1.82, 2.24) is 10.3 Å². The Morgan fingerprint density at radius 1 is 1.48 bits per heavy atom. The molecule has 1 amide bonds. The van der Waals surface area contributed by atoms with Crippen LogP contribution in [0.2, 0.25) is 0 Å². The molecule has 0 aliphatic rings. The van der Waals surface area contributed by atoms with Crippen molar-refractivity contribution in [3.05, 3.63) is 35.3 Å². The Bertz CT molecular complexity index is 669. The van der Waals surface area contributed by atoms with Crippen molar-refractivity contribution in [3.8, 4) is 10.6 Å². The lowest BCUT2D eigenvalue weighted by atomic mass is 10.2. The number of nitrogens with two attached hydrogens (primary N) is 1. The molecule has 21 heavy (non-hydrogen) atoms. The SMILES string of the molecule is CC(NC(=O)Cc1csc(-c2cccc(N)c2)n1)C(=O)O. The van der Waals surface area contributed by atoms with Crippen LogP contribution < -0.4 is 11.1 Å². The molecule has 1 atom stereocenters. The number of carboxylic acids is 1. The number of carbonyl (C=O) groups excluding carboxylic acids is 1. The molecule has 7 heteroatoms. The van der Waals surface area contributed by atoms with Gasteiger partial charge in [-0.05, 0) is 19.1 Å². The minimum atomic E-state index is -1.07. The Morgan fingerprint density at radius 2 is 2.24 bits per heavy atom. The predicted octanol–water partition coefficient (Wildman–Crippen LogP) is 1.52. The molecule has 0 saturated carbocycles. The summed E-state index contributed by atoms with van der Waals surface area (Å²) in [5, 5.41) is 13.7. The van der Waals surface area contributed by atoms with Gasteiger partial charge in [-0.15, -0.1) is 11.3 Å². The van der Waals surface area contributed by atoms with Crippen molar-refractivity contribution < 1.29 is 14.7 Å². The molecule has 0 saturated heterocycles. The number of nitrogens with zero attached hydrogens (tertiary/aromatic N) is 1. The van der Waals surface area contributed by atoms with Crippen molar-refractivity contribution in [2.24, 2.45) is 0 Å². The van der Waals surface area contributed by atoms with Crippen LogP contribution in [-0.4, -0.2) is 28.0 Å². The zero-order chi connectivity index (χ0) is 15.4. The molecule has 0 aliphatic carbocycles. The van der Waals surface area contributed by atoms with Crippen molar-refractivity contribution >= 4 is 28.9 Å². The fourth-order valence-electron chi connectivity index (χ4n) is 1.71. The van der Waals surface area contributed by atoms with E-state index in [0.717, 1.165) is 10.6 Å². The van der Waals surface area contributed by atoms with Gasteiger partial charge >= 0.3 is 5.97 Å². The number of thiazole rings is 1. The number of carboxylic acid groups (broad SMARTS) is 1. The van der Waals surface area contributed by atoms with Crippen LogP contribution in [0.15, 0.2) is 29.6 Å². The summed E-state index contributed by atoms with van der Waals surface area (Å²) in [6.07, 6.45) is 0.0520. The number of hydrogen-bond acceptors (Lipinski definition) is 5. The molecule has 0 spiro atoms. The van der Waals surface area contributed by atoms with Crippen LogP contribution in [0.25, 0.3) is 10.6 Å². The molecule has 6 nitrogen and oxygen atoms in total. The number of hydrogen-bond donors (Lipinski definition) is 3. The van der Waals surface area contributed by atoms with E-state index in [1.165, 1.54) is 18.3 Å². The summed E-state index contributed by atoms with van der Waals surface area (Å²) in [7, 11) is 0. The third kappa shape index (κ3) is 4.03. The molecular weight excluding hydrogens is 290 g/mol. The highest BCUT2D eigenvalue weighted by molar-refractivity contribution is 7.13. The molecule has 2 aromatic rings. The van der Waals surface area contributed by atoms with Gasteiger partial charge in [0.05, 0.1) is 12.1 Å². The number of benzene rings is 1. The third-order valence-electron chi connectivity index (χ3n) is 2.77. The number of carbonyl (C=O) groups is 2. The third-order valence-corrected chi connectivity index (χ3v) is 3.72. The Balaban J connectivity index is 2.03. The fraction of sp³-hybridized carbons (Fsp3) is 0.214. The molecule has 1 heterocycles. The lowest BCUT2D eigenvalue weighted by Crippen LogP contribution is -2.39. The first-order valence-electron chi connectivity index (χ1n) is 6.28. The summed E-state index contributed by atoms with van der Waals surface area (Å²) in [5.74, 6) is -1.43. The molecule has 1 unspecified atom stereocenters. The maximum Gasteiger partial charge on any atom is 0.325 e. The molecule has 110 valence electrons. The number of rotatable bonds is 5. The summed E-state index contributed by atoms with van der Waals surface area (Å²) >= 11 is 1.42. The number of anilines is 1. The average molecular weight is 305 g/mol. The molecule has 4 N–H and O–H groups in total. The van der Waals surface area contributed by atoms with Crippen LogP contribution in [0.4, 0.5) is 5.69 Å². The second kappa shape index (κ2) is 6.36. The first kappa shape index (κ1) is 15.0. The summed E-state index contributed by atoms with van der Waals surface area (Å²) < 4.78 is 0. The molecule has 1 aromatic carbocycles. The summed E-state index contributed by atoms with van der Waals surface area (Å²) in [5.41, 5.74) is 7.87. The summed E-state index contributed by atoms with van der Waals surface area (Å²) in [6.45, 7) is 1.42. The van der Waals surface area contributed by atoms with E-state index in [4.69, 9.17) is 10.8 Å². The van der Waals surface area contributed by atoms with Crippen LogP contribution in [0, 0.1) is 0 Å². The second-order valence-electron chi connectivity index (χ2n) is 4.57. The van der Waals surface area contributed by atoms with E-state index < -0.39 is 12.0 Å². The molecule has 0 fully saturated rings. The Labute approximate surface area is 125 Å². The topological polar surface area (TPSA) is 105 Å². The minimum Gasteiger partial charge on any atom is -0.480 e. The Morgan fingerprint density at radius 3 is 2.90 bits per heavy atom. The van der Waals surface area contributed by atoms with Gasteiger partial charge in [-0.2, -0.15) is 0 Å². The van der Waals surface area contributed by atoms with Gasteiger partial charge in [-0.1, -0.05) is 12.1 Å². The standard InChI is InChI=1S/C14H15N3O3S/c1-8(14(19)20)16-12(18)6-11-7-21-13(17-11)9-3-2-4-10(15)5-9/h2-5,7-8H,6,15H2,1H3,(H,16,18)(H,19,20).